The average Bonchev–Trinajstić information content (AvgIpc) is 2.52. The van der Waals surface area contributed by atoms with Crippen LogP contribution in [-0.4, -0.2) is 23.4 Å². The lowest BCUT2D eigenvalue weighted by Crippen LogP contribution is -2.30. The van der Waals surface area contributed by atoms with Crippen LogP contribution in [0.4, 0.5) is 0 Å². The fourth-order valence-electron chi connectivity index (χ4n) is 1.65. The largest absolute Gasteiger partial charge is 0.460 e. The van der Waals surface area contributed by atoms with Crippen molar-refractivity contribution in [3.05, 3.63) is 65.5 Å². The van der Waals surface area contributed by atoms with Crippen LogP contribution in [0.3, 0.4) is 0 Å². The first-order chi connectivity index (χ1) is 10.1. The number of rotatable bonds is 5. The number of hydrogen-bond donors (Lipinski definition) is 1. The molecule has 0 saturated carbocycles. The van der Waals surface area contributed by atoms with Crippen molar-refractivity contribution in [2.24, 2.45) is 0 Å². The number of aryl methyl sites for hydroxylation is 1. The fraction of sp³-hybridized carbons (Fsp3) is 0.188. The van der Waals surface area contributed by atoms with Crippen LogP contribution in [0.1, 0.15) is 21.6 Å². The number of ether oxygens (including phenoxy) is 1. The molecule has 0 saturated heterocycles. The Morgan fingerprint density at radius 1 is 1.14 bits per heavy atom. The van der Waals surface area contributed by atoms with Gasteiger partial charge < -0.3 is 10.1 Å². The molecule has 1 aromatic heterocycles. The Bertz CT molecular complexity index is 609. The monoisotopic (exact) mass is 284 g/mol. The molecule has 0 fully saturated rings. The molecule has 0 aliphatic heterocycles. The Morgan fingerprint density at radius 3 is 2.57 bits per heavy atom. The molecule has 0 bridgehead atoms. The van der Waals surface area contributed by atoms with E-state index in [0.29, 0.717) is 5.56 Å². The molecule has 21 heavy (non-hydrogen) atoms. The fourth-order valence-corrected chi connectivity index (χ4v) is 1.65. The highest BCUT2D eigenvalue weighted by molar-refractivity contribution is 5.95. The molecule has 5 nitrogen and oxygen atoms in total. The predicted octanol–water partition coefficient (Wildman–Crippen LogP) is 1.86. The Balaban J connectivity index is 1.76. The van der Waals surface area contributed by atoms with E-state index in [2.05, 4.69) is 10.3 Å². The quantitative estimate of drug-likeness (QED) is 0.851. The van der Waals surface area contributed by atoms with Crippen LogP contribution in [0.2, 0.25) is 0 Å². The van der Waals surface area contributed by atoms with Crippen molar-refractivity contribution in [3.8, 4) is 0 Å². The lowest BCUT2D eigenvalue weighted by molar-refractivity contribution is -0.143. The van der Waals surface area contributed by atoms with E-state index in [1.807, 2.05) is 37.3 Å². The van der Waals surface area contributed by atoms with Crippen LogP contribution in [0, 0.1) is 6.92 Å². The van der Waals surface area contributed by atoms with E-state index in [1.54, 1.807) is 12.1 Å². The summed E-state index contributed by atoms with van der Waals surface area (Å²) in [5, 5.41) is 2.50. The molecule has 1 amide bonds. The van der Waals surface area contributed by atoms with Crippen molar-refractivity contribution < 1.29 is 14.3 Å². The van der Waals surface area contributed by atoms with E-state index < -0.39 is 5.97 Å². The maximum absolute atomic E-state index is 11.8. The molecule has 2 aromatic rings. The van der Waals surface area contributed by atoms with E-state index in [-0.39, 0.29) is 19.1 Å². The van der Waals surface area contributed by atoms with Crippen molar-refractivity contribution in [2.75, 3.05) is 6.54 Å². The Kier molecular flexibility index (Phi) is 5.04. The minimum absolute atomic E-state index is 0.167. The predicted molar refractivity (Wildman–Crippen MR) is 77.5 cm³/mol. The molecule has 0 spiro atoms. The third kappa shape index (κ3) is 4.72. The molecule has 0 unspecified atom stereocenters. The average molecular weight is 284 g/mol. The van der Waals surface area contributed by atoms with Gasteiger partial charge in [-0.2, -0.15) is 0 Å². The molecular formula is C16H16N2O3. The molecule has 1 aromatic carbocycles. The second-order valence-corrected chi connectivity index (χ2v) is 4.52. The maximum atomic E-state index is 11.8. The van der Waals surface area contributed by atoms with Gasteiger partial charge in [-0.3, -0.25) is 14.6 Å². The van der Waals surface area contributed by atoms with Crippen LogP contribution >= 0.6 is 0 Å². The van der Waals surface area contributed by atoms with Crippen LogP contribution in [0.5, 0.6) is 0 Å². The number of nitrogens with one attached hydrogen (secondary N) is 1. The number of hydrogen-bond acceptors (Lipinski definition) is 4. The molecule has 0 aliphatic rings. The van der Waals surface area contributed by atoms with Gasteiger partial charge in [-0.25, -0.2) is 0 Å². The molecule has 0 aliphatic carbocycles. The number of carbonyl (C=O) groups excluding carboxylic acids is 2. The van der Waals surface area contributed by atoms with Gasteiger partial charge in [0.2, 0.25) is 0 Å². The van der Waals surface area contributed by atoms with Crippen LogP contribution < -0.4 is 5.32 Å². The zero-order chi connectivity index (χ0) is 15.1. The topological polar surface area (TPSA) is 68.3 Å². The zero-order valence-corrected chi connectivity index (χ0v) is 11.7. The van der Waals surface area contributed by atoms with Crippen LogP contribution in [0.25, 0.3) is 0 Å². The number of carbonyl (C=O) groups is 2. The summed E-state index contributed by atoms with van der Waals surface area (Å²) in [6.45, 7) is 1.86. The summed E-state index contributed by atoms with van der Waals surface area (Å²) in [5.41, 5.74) is 2.14. The first-order valence-electron chi connectivity index (χ1n) is 6.55. The Morgan fingerprint density at radius 2 is 1.90 bits per heavy atom. The van der Waals surface area contributed by atoms with Gasteiger partial charge in [0.25, 0.3) is 5.91 Å². The van der Waals surface area contributed by atoms with E-state index in [4.69, 9.17) is 4.74 Å². The molecule has 108 valence electrons. The molecular weight excluding hydrogens is 268 g/mol. The summed E-state index contributed by atoms with van der Waals surface area (Å²) in [5.74, 6) is -0.827. The van der Waals surface area contributed by atoms with Gasteiger partial charge in [0.05, 0.1) is 5.56 Å². The summed E-state index contributed by atoms with van der Waals surface area (Å²) < 4.78 is 5.06. The first-order valence-corrected chi connectivity index (χ1v) is 6.55. The number of aromatic nitrogens is 1. The smallest absolute Gasteiger partial charge is 0.325 e. The van der Waals surface area contributed by atoms with Gasteiger partial charge >= 0.3 is 5.97 Å². The number of pyridine rings is 1. The molecule has 0 radical (unpaired) electrons. The maximum Gasteiger partial charge on any atom is 0.325 e. The van der Waals surface area contributed by atoms with Crippen LogP contribution in [-0.2, 0) is 16.1 Å². The minimum Gasteiger partial charge on any atom is -0.460 e. The van der Waals surface area contributed by atoms with E-state index >= 15 is 0 Å². The lowest BCUT2D eigenvalue weighted by Gasteiger charge is -2.06. The van der Waals surface area contributed by atoms with Gasteiger partial charge in [-0.1, -0.05) is 30.3 Å². The van der Waals surface area contributed by atoms with Gasteiger partial charge in [0.1, 0.15) is 13.2 Å². The number of benzene rings is 1. The lowest BCUT2D eigenvalue weighted by atomic mass is 10.2. The Hall–Kier alpha value is -2.69. The number of esters is 1. The summed E-state index contributed by atoms with van der Waals surface area (Å²) in [4.78, 5) is 27.4. The highest BCUT2D eigenvalue weighted by Crippen LogP contribution is 2.01. The summed E-state index contributed by atoms with van der Waals surface area (Å²) >= 11 is 0. The SMILES string of the molecule is Cc1ccc(C(=O)NCC(=O)OCc2ccccc2)cn1. The molecule has 0 atom stereocenters. The van der Waals surface area contributed by atoms with Crippen molar-refractivity contribution in [3.63, 3.8) is 0 Å². The second-order valence-electron chi connectivity index (χ2n) is 4.52. The van der Waals surface area contributed by atoms with Gasteiger partial charge in [0.15, 0.2) is 0 Å². The van der Waals surface area contributed by atoms with Gasteiger partial charge in [0, 0.05) is 11.9 Å². The normalized spacial score (nSPS) is 9.95. The zero-order valence-electron chi connectivity index (χ0n) is 11.7. The van der Waals surface area contributed by atoms with Crippen LogP contribution in [0.15, 0.2) is 48.7 Å². The molecule has 2 rings (SSSR count). The highest BCUT2D eigenvalue weighted by atomic mass is 16.5. The minimum atomic E-state index is -0.479. The third-order valence-electron chi connectivity index (χ3n) is 2.81. The number of amides is 1. The van der Waals surface area contributed by atoms with Gasteiger partial charge in [-0.05, 0) is 24.6 Å². The standard InChI is InChI=1S/C16H16N2O3/c1-12-7-8-14(9-17-12)16(20)18-10-15(19)21-11-13-5-3-2-4-6-13/h2-9H,10-11H2,1H3,(H,18,20). The second kappa shape index (κ2) is 7.19. The molecule has 1 heterocycles. The van der Waals surface area contributed by atoms with Crippen molar-refractivity contribution >= 4 is 11.9 Å². The van der Waals surface area contributed by atoms with E-state index in [0.717, 1.165) is 11.3 Å². The van der Waals surface area contributed by atoms with E-state index in [9.17, 15) is 9.59 Å². The number of nitrogens with zero attached hydrogens (tertiary/aromatic N) is 1. The first kappa shape index (κ1) is 14.7. The van der Waals surface area contributed by atoms with Crippen molar-refractivity contribution in [1.82, 2.24) is 10.3 Å². The van der Waals surface area contributed by atoms with E-state index in [1.165, 1.54) is 6.20 Å². The Labute approximate surface area is 123 Å². The summed E-state index contributed by atoms with van der Waals surface area (Å²) in [6.07, 6.45) is 1.47. The molecule has 5 heteroatoms. The van der Waals surface area contributed by atoms with Crippen molar-refractivity contribution in [1.29, 1.82) is 0 Å². The molecule has 1 N–H and O–H groups in total. The third-order valence-corrected chi connectivity index (χ3v) is 2.81. The summed E-state index contributed by atoms with van der Waals surface area (Å²) in [7, 11) is 0. The van der Waals surface area contributed by atoms with Gasteiger partial charge in [-0.15, -0.1) is 0 Å². The van der Waals surface area contributed by atoms with Crippen molar-refractivity contribution in [2.45, 2.75) is 13.5 Å². The highest BCUT2D eigenvalue weighted by Gasteiger charge is 2.09. The summed E-state index contributed by atoms with van der Waals surface area (Å²) in [6, 6.07) is 12.8.